The van der Waals surface area contributed by atoms with E-state index < -0.39 is 0 Å². The van der Waals surface area contributed by atoms with Crippen molar-refractivity contribution in [2.24, 2.45) is 5.92 Å². The van der Waals surface area contributed by atoms with E-state index in [2.05, 4.69) is 34.5 Å². The van der Waals surface area contributed by atoms with Crippen LogP contribution in [-0.2, 0) is 6.54 Å². The summed E-state index contributed by atoms with van der Waals surface area (Å²) in [4.78, 5) is 2.34. The zero-order valence-corrected chi connectivity index (χ0v) is 10.5. The number of hydrogen-bond donors (Lipinski definition) is 2. The SMILES string of the molecule is CNC[C@@H]1CCN(Cc2ccccc2)C[C@@H]1O. The Morgan fingerprint density at radius 2 is 2.12 bits per heavy atom. The molecule has 0 aliphatic carbocycles. The molecule has 1 saturated heterocycles. The number of piperidine rings is 1. The van der Waals surface area contributed by atoms with Crippen LogP contribution in [0, 0.1) is 5.92 Å². The fourth-order valence-electron chi connectivity index (χ4n) is 2.53. The second kappa shape index (κ2) is 6.15. The van der Waals surface area contributed by atoms with Crippen LogP contribution >= 0.6 is 0 Å². The summed E-state index contributed by atoms with van der Waals surface area (Å²) in [6.07, 6.45) is 0.884. The van der Waals surface area contributed by atoms with Crippen LogP contribution in [0.4, 0.5) is 0 Å². The van der Waals surface area contributed by atoms with E-state index in [4.69, 9.17) is 0 Å². The van der Waals surface area contributed by atoms with Crippen molar-refractivity contribution < 1.29 is 5.11 Å². The van der Waals surface area contributed by atoms with Gasteiger partial charge in [0.25, 0.3) is 0 Å². The minimum absolute atomic E-state index is 0.195. The molecule has 0 aromatic heterocycles. The molecule has 1 aromatic carbocycles. The lowest BCUT2D eigenvalue weighted by molar-refractivity contribution is 0.0196. The van der Waals surface area contributed by atoms with E-state index in [0.717, 1.165) is 32.6 Å². The third kappa shape index (κ3) is 3.53. The molecule has 17 heavy (non-hydrogen) atoms. The summed E-state index contributed by atoms with van der Waals surface area (Å²) in [5, 5.41) is 13.2. The van der Waals surface area contributed by atoms with Crippen LogP contribution in [0.15, 0.2) is 30.3 Å². The minimum Gasteiger partial charge on any atom is -0.391 e. The quantitative estimate of drug-likeness (QED) is 0.818. The molecular weight excluding hydrogens is 212 g/mol. The summed E-state index contributed by atoms with van der Waals surface area (Å²) in [7, 11) is 1.95. The first-order chi connectivity index (χ1) is 8.29. The molecule has 0 unspecified atom stereocenters. The molecule has 1 fully saturated rings. The largest absolute Gasteiger partial charge is 0.391 e. The Morgan fingerprint density at radius 3 is 2.76 bits per heavy atom. The van der Waals surface area contributed by atoms with Crippen LogP contribution in [0.2, 0.25) is 0 Å². The van der Waals surface area contributed by atoms with Crippen molar-refractivity contribution in [3.63, 3.8) is 0 Å². The third-order valence-corrected chi connectivity index (χ3v) is 3.52. The predicted octanol–water partition coefficient (Wildman–Crippen LogP) is 1.09. The van der Waals surface area contributed by atoms with E-state index in [1.807, 2.05) is 13.1 Å². The highest BCUT2D eigenvalue weighted by Gasteiger charge is 2.26. The molecule has 1 heterocycles. The highest BCUT2D eigenvalue weighted by Crippen LogP contribution is 2.18. The highest BCUT2D eigenvalue weighted by atomic mass is 16.3. The Morgan fingerprint density at radius 1 is 1.35 bits per heavy atom. The molecule has 0 saturated carbocycles. The molecule has 0 amide bonds. The molecule has 3 nitrogen and oxygen atoms in total. The lowest BCUT2D eigenvalue weighted by atomic mass is 9.93. The van der Waals surface area contributed by atoms with Crippen LogP contribution in [0.5, 0.6) is 0 Å². The van der Waals surface area contributed by atoms with Crippen LogP contribution < -0.4 is 5.32 Å². The van der Waals surface area contributed by atoms with Gasteiger partial charge in [-0.25, -0.2) is 0 Å². The lowest BCUT2D eigenvalue weighted by Crippen LogP contribution is -2.46. The standard InChI is InChI=1S/C14H22N2O/c1-15-9-13-7-8-16(11-14(13)17)10-12-5-3-2-4-6-12/h2-6,13-15,17H,7-11H2,1H3/t13-,14-/m0/s1. The molecule has 3 heteroatoms. The predicted molar refractivity (Wildman–Crippen MR) is 69.8 cm³/mol. The summed E-state index contributed by atoms with van der Waals surface area (Å²) in [6.45, 7) is 3.74. The first-order valence-electron chi connectivity index (χ1n) is 6.38. The maximum absolute atomic E-state index is 10.1. The maximum atomic E-state index is 10.1. The molecule has 1 aliphatic rings. The zero-order valence-electron chi connectivity index (χ0n) is 10.5. The lowest BCUT2D eigenvalue weighted by Gasteiger charge is -2.35. The Kier molecular flexibility index (Phi) is 4.54. The Hall–Kier alpha value is -0.900. The zero-order chi connectivity index (χ0) is 12.1. The molecule has 0 bridgehead atoms. The summed E-state index contributed by atoms with van der Waals surface area (Å²) < 4.78 is 0. The molecule has 2 N–H and O–H groups in total. The maximum Gasteiger partial charge on any atom is 0.0707 e. The Labute approximate surface area is 103 Å². The molecule has 2 atom stereocenters. The van der Waals surface area contributed by atoms with Gasteiger partial charge < -0.3 is 10.4 Å². The minimum atomic E-state index is -0.195. The Bertz CT molecular complexity index is 328. The van der Waals surface area contributed by atoms with Gasteiger partial charge in [0, 0.05) is 19.6 Å². The van der Waals surface area contributed by atoms with Gasteiger partial charge in [0.05, 0.1) is 6.10 Å². The third-order valence-electron chi connectivity index (χ3n) is 3.52. The normalized spacial score (nSPS) is 26.0. The topological polar surface area (TPSA) is 35.5 Å². The van der Waals surface area contributed by atoms with E-state index in [1.54, 1.807) is 0 Å². The molecule has 1 aromatic rings. The summed E-state index contributed by atoms with van der Waals surface area (Å²) in [5.74, 6) is 0.409. The molecule has 1 aliphatic heterocycles. The van der Waals surface area contributed by atoms with Gasteiger partial charge in [0.2, 0.25) is 0 Å². The van der Waals surface area contributed by atoms with Crippen molar-refractivity contribution in [2.75, 3.05) is 26.7 Å². The van der Waals surface area contributed by atoms with E-state index in [0.29, 0.717) is 5.92 Å². The fraction of sp³-hybridized carbons (Fsp3) is 0.571. The molecule has 2 rings (SSSR count). The van der Waals surface area contributed by atoms with Gasteiger partial charge in [-0.3, -0.25) is 4.90 Å². The van der Waals surface area contributed by atoms with Crippen molar-refractivity contribution >= 4 is 0 Å². The first-order valence-corrected chi connectivity index (χ1v) is 6.38. The van der Waals surface area contributed by atoms with Crippen LogP contribution in [0.25, 0.3) is 0 Å². The van der Waals surface area contributed by atoms with Gasteiger partial charge in [-0.15, -0.1) is 0 Å². The number of nitrogens with one attached hydrogen (secondary N) is 1. The van der Waals surface area contributed by atoms with Gasteiger partial charge in [0.1, 0.15) is 0 Å². The number of aliphatic hydroxyl groups is 1. The number of aliphatic hydroxyl groups excluding tert-OH is 1. The number of nitrogens with zero attached hydrogens (tertiary/aromatic N) is 1. The van der Waals surface area contributed by atoms with Gasteiger partial charge in [-0.2, -0.15) is 0 Å². The van der Waals surface area contributed by atoms with Gasteiger partial charge in [0.15, 0.2) is 0 Å². The van der Waals surface area contributed by atoms with Crippen LogP contribution in [0.3, 0.4) is 0 Å². The number of β-amino-alcohol motifs (C(OH)–C–C–N with tert-alkyl or cyclic N) is 1. The molecule has 0 spiro atoms. The van der Waals surface area contributed by atoms with Gasteiger partial charge >= 0.3 is 0 Å². The van der Waals surface area contributed by atoms with E-state index in [9.17, 15) is 5.11 Å². The van der Waals surface area contributed by atoms with Crippen molar-refractivity contribution in [3.05, 3.63) is 35.9 Å². The molecular formula is C14H22N2O. The van der Waals surface area contributed by atoms with E-state index >= 15 is 0 Å². The van der Waals surface area contributed by atoms with Crippen molar-refractivity contribution in [2.45, 2.75) is 19.1 Å². The highest BCUT2D eigenvalue weighted by molar-refractivity contribution is 5.14. The summed E-state index contributed by atoms with van der Waals surface area (Å²) in [6, 6.07) is 10.5. The summed E-state index contributed by atoms with van der Waals surface area (Å²) >= 11 is 0. The smallest absolute Gasteiger partial charge is 0.0707 e. The van der Waals surface area contributed by atoms with E-state index in [-0.39, 0.29) is 6.10 Å². The first kappa shape index (κ1) is 12.6. The van der Waals surface area contributed by atoms with Crippen LogP contribution in [-0.4, -0.2) is 42.8 Å². The number of likely N-dealkylation sites (tertiary alicyclic amines) is 1. The van der Waals surface area contributed by atoms with Crippen molar-refractivity contribution in [1.82, 2.24) is 10.2 Å². The number of rotatable bonds is 4. The van der Waals surface area contributed by atoms with Gasteiger partial charge in [-0.1, -0.05) is 30.3 Å². The van der Waals surface area contributed by atoms with Crippen molar-refractivity contribution in [1.29, 1.82) is 0 Å². The van der Waals surface area contributed by atoms with Gasteiger partial charge in [-0.05, 0) is 31.5 Å². The molecule has 0 radical (unpaired) electrons. The number of benzene rings is 1. The summed E-state index contributed by atoms with van der Waals surface area (Å²) in [5.41, 5.74) is 1.33. The van der Waals surface area contributed by atoms with E-state index in [1.165, 1.54) is 5.56 Å². The second-order valence-corrected chi connectivity index (χ2v) is 4.89. The Balaban J connectivity index is 1.85. The second-order valence-electron chi connectivity index (χ2n) is 4.89. The molecule has 94 valence electrons. The average Bonchev–Trinajstić information content (AvgIpc) is 2.34. The monoisotopic (exact) mass is 234 g/mol. The van der Waals surface area contributed by atoms with Crippen molar-refractivity contribution in [3.8, 4) is 0 Å². The average molecular weight is 234 g/mol. The van der Waals surface area contributed by atoms with Crippen LogP contribution in [0.1, 0.15) is 12.0 Å². The number of hydrogen-bond acceptors (Lipinski definition) is 3. The fourth-order valence-corrected chi connectivity index (χ4v) is 2.53.